The van der Waals surface area contributed by atoms with Gasteiger partial charge in [-0.15, -0.1) is 16.9 Å². The minimum absolute atomic E-state index is 0.102. The number of hydrogen-bond acceptors (Lipinski definition) is 9. The molecule has 0 saturated carbocycles. The minimum atomic E-state index is -1.41. The molecule has 2 heterocycles. The van der Waals surface area contributed by atoms with E-state index in [1.54, 1.807) is 30.3 Å². The number of carboxylic acid groups (broad SMARTS) is 1. The molecule has 0 bridgehead atoms. The minimum Gasteiger partial charge on any atom is -0.481 e. The number of hydrogen-bond donors (Lipinski definition) is 4. The SMILES string of the molecule is N=N/N=C/SCC(=O)C(CC(=O)O)NC(=O)C1CCCN2C(=O)CCN(NC(=O)c3ccccc3)C(=O)N12. The molecular formula is C22H26N8O7S. The summed E-state index contributed by atoms with van der Waals surface area (Å²) in [6.45, 7) is 0.0461. The van der Waals surface area contributed by atoms with Gasteiger partial charge in [0.05, 0.1) is 30.3 Å². The number of carboxylic acids is 1. The number of hydrazine groups is 2. The fraction of sp³-hybridized carbons (Fsp3) is 0.409. The van der Waals surface area contributed by atoms with Gasteiger partial charge in [0.1, 0.15) is 6.04 Å². The standard InChI is InChI=1S/C22H26N8O7S/c23-27-24-13-38-12-17(31)15(11-19(33)34)25-21(36)16-7-4-9-29-18(32)8-10-28(22(37)30(16)29)26-20(35)14-5-2-1-3-6-14/h1-3,5-6,13,15-16,23H,4,7-12H2,(H,25,36)(H,26,35)(H,33,34)/b24-13+,27-23?. The van der Waals surface area contributed by atoms with Crippen LogP contribution in [0.2, 0.25) is 0 Å². The predicted octanol–water partition coefficient (Wildman–Crippen LogP) is 0.601. The lowest BCUT2D eigenvalue weighted by molar-refractivity contribution is -0.155. The summed E-state index contributed by atoms with van der Waals surface area (Å²) in [6, 6.07) is 4.69. The molecule has 15 nitrogen and oxygen atoms in total. The van der Waals surface area contributed by atoms with Crippen LogP contribution in [0.25, 0.3) is 0 Å². The van der Waals surface area contributed by atoms with Crippen molar-refractivity contribution in [3.8, 4) is 0 Å². The number of nitrogens with one attached hydrogen (secondary N) is 3. The Hall–Kier alpha value is -4.34. The van der Waals surface area contributed by atoms with Gasteiger partial charge in [-0.25, -0.2) is 19.8 Å². The maximum atomic E-state index is 13.5. The van der Waals surface area contributed by atoms with Crippen LogP contribution in [0.4, 0.5) is 4.79 Å². The van der Waals surface area contributed by atoms with Gasteiger partial charge in [-0.2, -0.15) is 5.53 Å². The smallest absolute Gasteiger partial charge is 0.358 e. The van der Waals surface area contributed by atoms with E-state index in [9.17, 15) is 33.9 Å². The summed E-state index contributed by atoms with van der Waals surface area (Å²) >= 11 is 0.866. The van der Waals surface area contributed by atoms with Gasteiger partial charge < -0.3 is 10.4 Å². The largest absolute Gasteiger partial charge is 0.481 e. The monoisotopic (exact) mass is 546 g/mol. The van der Waals surface area contributed by atoms with Gasteiger partial charge in [0, 0.05) is 18.5 Å². The fourth-order valence-electron chi connectivity index (χ4n) is 3.96. The average molecular weight is 547 g/mol. The molecule has 0 aromatic heterocycles. The zero-order valence-corrected chi connectivity index (χ0v) is 20.9. The number of aliphatic carboxylic acids is 1. The highest BCUT2D eigenvalue weighted by Gasteiger charge is 2.44. The van der Waals surface area contributed by atoms with E-state index in [0.717, 1.165) is 32.3 Å². The Balaban J connectivity index is 1.78. The lowest BCUT2D eigenvalue weighted by atomic mass is 10.0. The molecular weight excluding hydrogens is 520 g/mol. The van der Waals surface area contributed by atoms with Crippen molar-refractivity contribution in [2.75, 3.05) is 18.8 Å². The van der Waals surface area contributed by atoms with Crippen LogP contribution in [0.15, 0.2) is 40.7 Å². The Bertz CT molecular complexity index is 1130. The topological polar surface area (TPSA) is 205 Å². The van der Waals surface area contributed by atoms with Crippen LogP contribution in [0.3, 0.4) is 0 Å². The molecule has 0 radical (unpaired) electrons. The number of carbonyl (C=O) groups is 6. The number of carbonyl (C=O) groups excluding carboxylic acids is 5. The van der Waals surface area contributed by atoms with E-state index in [2.05, 4.69) is 21.1 Å². The van der Waals surface area contributed by atoms with Crippen LogP contribution in [-0.2, 0) is 19.2 Å². The molecule has 0 aliphatic carbocycles. The quantitative estimate of drug-likeness (QED) is 0.133. The molecule has 1 aromatic carbocycles. The Morgan fingerprint density at radius 3 is 2.61 bits per heavy atom. The second kappa shape index (κ2) is 13.3. The molecule has 3 rings (SSSR count). The fourth-order valence-corrected chi connectivity index (χ4v) is 4.51. The van der Waals surface area contributed by atoms with Crippen molar-refractivity contribution in [1.82, 2.24) is 25.8 Å². The van der Waals surface area contributed by atoms with Crippen molar-refractivity contribution in [2.24, 2.45) is 10.3 Å². The number of urea groups is 1. The zero-order valence-electron chi connectivity index (χ0n) is 20.1. The van der Waals surface area contributed by atoms with Gasteiger partial charge in [-0.1, -0.05) is 23.4 Å². The molecule has 202 valence electrons. The van der Waals surface area contributed by atoms with Gasteiger partial charge in [0.25, 0.3) is 5.91 Å². The van der Waals surface area contributed by atoms with E-state index in [0.29, 0.717) is 6.42 Å². The molecule has 16 heteroatoms. The predicted molar refractivity (Wildman–Crippen MR) is 132 cm³/mol. The third-order valence-electron chi connectivity index (χ3n) is 5.73. The van der Waals surface area contributed by atoms with Gasteiger partial charge in [0.2, 0.25) is 11.8 Å². The van der Waals surface area contributed by atoms with Crippen molar-refractivity contribution < 1.29 is 33.9 Å². The molecule has 2 atom stereocenters. The highest BCUT2D eigenvalue weighted by atomic mass is 32.2. The molecule has 1 aromatic rings. The van der Waals surface area contributed by atoms with Crippen molar-refractivity contribution in [3.63, 3.8) is 0 Å². The van der Waals surface area contributed by atoms with Gasteiger partial charge >= 0.3 is 12.0 Å². The number of ketones is 1. The Morgan fingerprint density at radius 2 is 1.92 bits per heavy atom. The van der Waals surface area contributed by atoms with E-state index in [4.69, 9.17) is 5.53 Å². The number of rotatable bonds is 11. The highest BCUT2D eigenvalue weighted by molar-refractivity contribution is 8.12. The molecule has 2 fully saturated rings. The first kappa shape index (κ1) is 28.2. The first-order chi connectivity index (χ1) is 18.2. The summed E-state index contributed by atoms with van der Waals surface area (Å²) in [5.41, 5.74) is 10.5. The highest BCUT2D eigenvalue weighted by Crippen LogP contribution is 2.24. The Kier molecular flexibility index (Phi) is 9.86. The maximum Gasteiger partial charge on any atom is 0.358 e. The maximum absolute atomic E-state index is 13.5. The number of amides is 5. The third kappa shape index (κ3) is 7.12. The normalized spacial score (nSPS) is 18.4. The van der Waals surface area contributed by atoms with Gasteiger partial charge in [-0.05, 0) is 25.0 Å². The summed E-state index contributed by atoms with van der Waals surface area (Å²) in [4.78, 5) is 76.1. The first-order valence-electron chi connectivity index (χ1n) is 11.5. The summed E-state index contributed by atoms with van der Waals surface area (Å²) < 4.78 is 0. The van der Waals surface area contributed by atoms with E-state index < -0.39 is 54.0 Å². The van der Waals surface area contributed by atoms with Crippen LogP contribution in [0.1, 0.15) is 36.0 Å². The number of benzene rings is 1. The van der Waals surface area contributed by atoms with Crippen LogP contribution < -0.4 is 10.7 Å². The summed E-state index contributed by atoms with van der Waals surface area (Å²) in [5.74, 6) is -4.01. The molecule has 0 spiro atoms. The Morgan fingerprint density at radius 1 is 1.18 bits per heavy atom. The molecule has 2 aliphatic heterocycles. The van der Waals surface area contributed by atoms with E-state index in [1.807, 2.05) is 0 Å². The van der Waals surface area contributed by atoms with Crippen molar-refractivity contribution in [1.29, 1.82) is 5.53 Å². The molecule has 2 saturated heterocycles. The van der Waals surface area contributed by atoms with Crippen molar-refractivity contribution in [2.45, 2.75) is 37.8 Å². The summed E-state index contributed by atoms with van der Waals surface area (Å²) in [7, 11) is 0. The molecule has 38 heavy (non-hydrogen) atoms. The molecule has 2 aliphatic rings. The summed E-state index contributed by atoms with van der Waals surface area (Å²) in [6.07, 6.45) is -0.282. The number of nitrogens with zero attached hydrogens (tertiary/aromatic N) is 5. The lowest BCUT2D eigenvalue weighted by Crippen LogP contribution is -2.65. The van der Waals surface area contributed by atoms with Crippen molar-refractivity contribution in [3.05, 3.63) is 35.9 Å². The number of fused-ring (bicyclic) bond motifs is 1. The van der Waals surface area contributed by atoms with E-state index in [1.165, 1.54) is 0 Å². The third-order valence-corrected chi connectivity index (χ3v) is 6.43. The van der Waals surface area contributed by atoms with E-state index in [-0.39, 0.29) is 37.2 Å². The van der Waals surface area contributed by atoms with Crippen LogP contribution in [-0.4, -0.2) is 92.1 Å². The zero-order chi connectivity index (χ0) is 27.7. The molecule has 4 N–H and O–H groups in total. The second-order valence-corrected chi connectivity index (χ2v) is 9.10. The van der Waals surface area contributed by atoms with Crippen LogP contribution in [0, 0.1) is 5.53 Å². The average Bonchev–Trinajstić information content (AvgIpc) is 3.02. The number of thioether (sulfide) groups is 1. The Labute approximate surface area is 221 Å². The number of Topliss-reactive ketones (excluding diaryl/α,β-unsaturated/α-hetero) is 1. The second-order valence-electron chi connectivity index (χ2n) is 8.27. The first-order valence-corrected chi connectivity index (χ1v) is 12.6. The van der Waals surface area contributed by atoms with Gasteiger partial charge in [0.15, 0.2) is 5.78 Å². The lowest BCUT2D eigenvalue weighted by Gasteiger charge is -2.43. The molecule has 2 unspecified atom stereocenters. The van der Waals surface area contributed by atoms with Crippen LogP contribution >= 0.6 is 11.8 Å². The summed E-state index contributed by atoms with van der Waals surface area (Å²) in [5, 5.41) is 20.7. The molecule has 5 amide bonds. The van der Waals surface area contributed by atoms with E-state index >= 15 is 0 Å². The van der Waals surface area contributed by atoms with Gasteiger partial charge in [-0.3, -0.25) is 29.4 Å². The van der Waals surface area contributed by atoms with Crippen LogP contribution in [0.5, 0.6) is 0 Å². The van der Waals surface area contributed by atoms with Crippen molar-refractivity contribution >= 4 is 52.8 Å².